The minimum absolute atomic E-state index is 0.107. The van der Waals surface area contributed by atoms with E-state index in [0.717, 1.165) is 10.9 Å². The van der Waals surface area contributed by atoms with Gasteiger partial charge < -0.3 is 15.8 Å². The van der Waals surface area contributed by atoms with Crippen LogP contribution in [0.15, 0.2) is 71.4 Å². The van der Waals surface area contributed by atoms with Crippen molar-refractivity contribution < 1.29 is 17.9 Å². The minimum atomic E-state index is -3.65. The Kier molecular flexibility index (Phi) is 5.71. The average molecular weight is 505 g/mol. The SMILES string of the molecule is CC(C)(COc1cccc2c1C(N)=NS(=O)(=O)C2)NC(=O)c1ccnc(-n2ncc3ccccc32)c1. The first-order chi connectivity index (χ1) is 17.1. The molecule has 2 aromatic heterocycles. The van der Waals surface area contributed by atoms with Gasteiger partial charge in [0.1, 0.15) is 18.2 Å². The van der Waals surface area contributed by atoms with E-state index in [-0.39, 0.29) is 24.1 Å². The first kappa shape index (κ1) is 23.5. The summed E-state index contributed by atoms with van der Waals surface area (Å²) in [5.74, 6) is 0.285. The number of aromatic nitrogens is 3. The second-order valence-electron chi connectivity index (χ2n) is 9.14. The normalized spacial score (nSPS) is 14.7. The van der Waals surface area contributed by atoms with Gasteiger partial charge in [-0.2, -0.15) is 5.10 Å². The van der Waals surface area contributed by atoms with E-state index in [9.17, 15) is 13.2 Å². The van der Waals surface area contributed by atoms with E-state index in [4.69, 9.17) is 10.5 Å². The lowest BCUT2D eigenvalue weighted by molar-refractivity contribution is 0.0880. The zero-order valence-electron chi connectivity index (χ0n) is 19.7. The van der Waals surface area contributed by atoms with E-state index in [0.29, 0.717) is 28.3 Å². The number of sulfonamides is 1. The zero-order valence-corrected chi connectivity index (χ0v) is 20.5. The van der Waals surface area contributed by atoms with Gasteiger partial charge in [-0.1, -0.05) is 30.3 Å². The lowest BCUT2D eigenvalue weighted by atomic mass is 10.0. The fourth-order valence-electron chi connectivity index (χ4n) is 4.04. The van der Waals surface area contributed by atoms with E-state index >= 15 is 0 Å². The van der Waals surface area contributed by atoms with Gasteiger partial charge in [0.05, 0.1) is 28.6 Å². The van der Waals surface area contributed by atoms with Crippen LogP contribution in [-0.2, 0) is 15.8 Å². The van der Waals surface area contributed by atoms with Gasteiger partial charge in [-0.05, 0) is 43.7 Å². The molecule has 4 aromatic rings. The van der Waals surface area contributed by atoms with Gasteiger partial charge in [0.15, 0.2) is 5.82 Å². The molecule has 184 valence electrons. The van der Waals surface area contributed by atoms with Crippen LogP contribution >= 0.6 is 0 Å². The van der Waals surface area contributed by atoms with Crippen LogP contribution < -0.4 is 15.8 Å². The quantitative estimate of drug-likeness (QED) is 0.411. The molecule has 0 fully saturated rings. The van der Waals surface area contributed by atoms with Gasteiger partial charge in [0, 0.05) is 17.1 Å². The first-order valence-corrected chi connectivity index (χ1v) is 12.8. The second kappa shape index (κ2) is 8.76. The Labute approximate surface area is 207 Å². The number of ether oxygens (including phenoxy) is 1. The number of hydrogen-bond donors (Lipinski definition) is 2. The predicted molar refractivity (Wildman–Crippen MR) is 136 cm³/mol. The van der Waals surface area contributed by atoms with Crippen LogP contribution in [0.4, 0.5) is 0 Å². The summed E-state index contributed by atoms with van der Waals surface area (Å²) in [5.41, 5.74) is 7.44. The molecular weight excluding hydrogens is 480 g/mol. The average Bonchev–Trinajstić information content (AvgIpc) is 3.26. The number of para-hydroxylation sites is 1. The number of pyridine rings is 1. The number of nitrogens with one attached hydrogen (secondary N) is 1. The Bertz CT molecular complexity index is 1620. The number of rotatable bonds is 6. The third kappa shape index (κ3) is 4.65. The van der Waals surface area contributed by atoms with Crippen LogP contribution in [0.5, 0.6) is 5.75 Å². The fourth-order valence-corrected chi connectivity index (χ4v) is 5.12. The molecule has 1 aliphatic heterocycles. The summed E-state index contributed by atoms with van der Waals surface area (Å²) in [5, 5.41) is 8.35. The minimum Gasteiger partial charge on any atom is -0.490 e. The van der Waals surface area contributed by atoms with Crippen molar-refractivity contribution in [2.75, 3.05) is 6.61 Å². The molecule has 0 bridgehead atoms. The third-order valence-electron chi connectivity index (χ3n) is 5.69. The topological polar surface area (TPSA) is 142 Å². The Balaban J connectivity index is 1.32. The van der Waals surface area contributed by atoms with Crippen LogP contribution in [0.1, 0.15) is 35.3 Å². The molecule has 1 aliphatic rings. The van der Waals surface area contributed by atoms with Crippen molar-refractivity contribution >= 4 is 32.7 Å². The molecule has 0 atom stereocenters. The summed E-state index contributed by atoms with van der Waals surface area (Å²) in [6, 6.07) is 16.1. The van der Waals surface area contributed by atoms with Crippen LogP contribution in [0.25, 0.3) is 16.7 Å². The first-order valence-electron chi connectivity index (χ1n) is 11.2. The van der Waals surface area contributed by atoms with E-state index in [2.05, 4.69) is 19.8 Å². The Morgan fingerprint density at radius 2 is 1.97 bits per heavy atom. The lowest BCUT2D eigenvalue weighted by Gasteiger charge is -2.27. The number of amidine groups is 1. The summed E-state index contributed by atoms with van der Waals surface area (Å²) in [7, 11) is -3.65. The van der Waals surface area contributed by atoms with Gasteiger partial charge in [0.25, 0.3) is 15.9 Å². The second-order valence-corrected chi connectivity index (χ2v) is 10.8. The van der Waals surface area contributed by atoms with Crippen LogP contribution in [-0.4, -0.2) is 47.1 Å². The van der Waals surface area contributed by atoms with Crippen molar-refractivity contribution in [3.63, 3.8) is 0 Å². The number of nitrogens with zero attached hydrogens (tertiary/aromatic N) is 4. The third-order valence-corrected chi connectivity index (χ3v) is 6.84. The van der Waals surface area contributed by atoms with Gasteiger partial charge in [-0.3, -0.25) is 4.79 Å². The van der Waals surface area contributed by atoms with Crippen LogP contribution in [0.2, 0.25) is 0 Å². The summed E-state index contributed by atoms with van der Waals surface area (Å²) >= 11 is 0. The zero-order chi connectivity index (χ0) is 25.5. The maximum absolute atomic E-state index is 13.1. The monoisotopic (exact) mass is 504 g/mol. The molecule has 5 rings (SSSR count). The Morgan fingerprint density at radius 3 is 2.81 bits per heavy atom. The number of amides is 1. The molecule has 0 radical (unpaired) electrons. The summed E-state index contributed by atoms with van der Waals surface area (Å²) in [6.07, 6.45) is 3.32. The molecule has 3 heterocycles. The molecule has 0 saturated heterocycles. The highest BCUT2D eigenvalue weighted by molar-refractivity contribution is 7.89. The van der Waals surface area contributed by atoms with Crippen molar-refractivity contribution in [2.45, 2.75) is 25.1 Å². The molecule has 2 aromatic carbocycles. The predicted octanol–water partition coefficient (Wildman–Crippen LogP) is 2.56. The number of nitrogens with two attached hydrogens (primary N) is 1. The standard InChI is InChI=1S/C25H24N6O4S/c1-25(2,15-35-20-9-5-7-18-14-36(33,34)30-23(26)22(18)20)29-24(32)16-10-11-27-21(12-16)31-19-8-4-3-6-17(19)13-28-31/h3-13H,14-15H2,1-2H3,(H2,26,30)(H,29,32). The van der Waals surface area contributed by atoms with Gasteiger partial charge >= 0.3 is 0 Å². The summed E-state index contributed by atoms with van der Waals surface area (Å²) in [6.45, 7) is 3.76. The molecule has 1 amide bonds. The van der Waals surface area contributed by atoms with Crippen molar-refractivity contribution in [3.8, 4) is 11.6 Å². The molecule has 36 heavy (non-hydrogen) atoms. The smallest absolute Gasteiger partial charge is 0.259 e. The number of benzene rings is 2. The van der Waals surface area contributed by atoms with Crippen molar-refractivity contribution in [3.05, 3.63) is 83.7 Å². The number of carbonyl (C=O) groups is 1. The molecule has 3 N–H and O–H groups in total. The van der Waals surface area contributed by atoms with Gasteiger partial charge in [-0.25, -0.2) is 18.1 Å². The number of carbonyl (C=O) groups excluding carboxylic acids is 1. The molecule has 0 aliphatic carbocycles. The highest BCUT2D eigenvalue weighted by Crippen LogP contribution is 2.28. The molecule has 0 spiro atoms. The fraction of sp³-hybridized carbons (Fsp3) is 0.200. The number of hydrogen-bond acceptors (Lipinski definition) is 7. The summed E-state index contributed by atoms with van der Waals surface area (Å²) < 4.78 is 35.1. The van der Waals surface area contributed by atoms with Crippen LogP contribution in [0, 0.1) is 0 Å². The molecular formula is C25H24N6O4S. The maximum atomic E-state index is 13.1. The Hall–Kier alpha value is -4.25. The van der Waals surface area contributed by atoms with E-state index in [1.165, 1.54) is 0 Å². The van der Waals surface area contributed by atoms with Gasteiger partial charge in [-0.15, -0.1) is 4.40 Å². The van der Waals surface area contributed by atoms with Crippen molar-refractivity contribution in [2.24, 2.45) is 10.1 Å². The number of fused-ring (bicyclic) bond motifs is 2. The largest absolute Gasteiger partial charge is 0.490 e. The van der Waals surface area contributed by atoms with E-state index in [1.807, 2.05) is 38.1 Å². The molecule has 10 nitrogen and oxygen atoms in total. The Morgan fingerprint density at radius 1 is 1.17 bits per heavy atom. The maximum Gasteiger partial charge on any atom is 0.259 e. The van der Waals surface area contributed by atoms with Crippen molar-refractivity contribution in [1.29, 1.82) is 0 Å². The highest BCUT2D eigenvalue weighted by atomic mass is 32.2. The molecule has 0 saturated carbocycles. The van der Waals surface area contributed by atoms with Gasteiger partial charge in [0.2, 0.25) is 0 Å². The van der Waals surface area contributed by atoms with E-state index < -0.39 is 15.6 Å². The van der Waals surface area contributed by atoms with E-state index in [1.54, 1.807) is 47.4 Å². The molecule has 11 heteroatoms. The highest BCUT2D eigenvalue weighted by Gasteiger charge is 2.27. The molecule has 0 unspecified atom stereocenters. The lowest BCUT2D eigenvalue weighted by Crippen LogP contribution is -2.48. The van der Waals surface area contributed by atoms with Crippen LogP contribution in [0.3, 0.4) is 0 Å². The summed E-state index contributed by atoms with van der Waals surface area (Å²) in [4.78, 5) is 17.5. The van der Waals surface area contributed by atoms with Crippen molar-refractivity contribution in [1.82, 2.24) is 20.1 Å².